The van der Waals surface area contributed by atoms with E-state index in [1.807, 2.05) is 0 Å². The van der Waals surface area contributed by atoms with Gasteiger partial charge >= 0.3 is 0 Å². The maximum absolute atomic E-state index is 8.81. The Kier molecular flexibility index (Phi) is 3.98. The number of rotatable bonds is 3. The molecule has 0 aromatic rings. The quantitative estimate of drug-likeness (QED) is 0.654. The Hall–Kier alpha value is -0.120. The van der Waals surface area contributed by atoms with E-state index >= 15 is 0 Å². The Bertz CT molecular complexity index is 120. The molecule has 3 heteroatoms. The third kappa shape index (κ3) is 3.09. The van der Waals surface area contributed by atoms with Crippen LogP contribution in [0.3, 0.4) is 0 Å². The van der Waals surface area contributed by atoms with Crippen LogP contribution in [-0.2, 0) is 4.74 Å². The second-order valence-electron chi connectivity index (χ2n) is 3.73. The molecule has 0 aromatic carbocycles. The zero-order valence-corrected chi connectivity index (χ0v) is 7.92. The highest BCUT2D eigenvalue weighted by Gasteiger charge is 2.20. The van der Waals surface area contributed by atoms with Gasteiger partial charge in [0.25, 0.3) is 0 Å². The number of nitrogens with one attached hydrogen (secondary N) is 1. The Labute approximate surface area is 74.1 Å². The molecule has 0 aliphatic carbocycles. The largest absolute Gasteiger partial charge is 0.394 e. The molecule has 72 valence electrons. The summed E-state index contributed by atoms with van der Waals surface area (Å²) in [5.41, 5.74) is 0. The van der Waals surface area contributed by atoms with Gasteiger partial charge in [-0.25, -0.2) is 0 Å². The molecule has 1 heterocycles. The van der Waals surface area contributed by atoms with Gasteiger partial charge in [0.05, 0.1) is 19.3 Å². The van der Waals surface area contributed by atoms with Crippen LogP contribution in [0.15, 0.2) is 0 Å². The number of aliphatic hydroxyl groups excluding tert-OH is 1. The van der Waals surface area contributed by atoms with Gasteiger partial charge in [0.1, 0.15) is 0 Å². The molecule has 1 aliphatic heterocycles. The molecule has 2 N–H and O–H groups in total. The minimum atomic E-state index is 0.0789. The summed E-state index contributed by atoms with van der Waals surface area (Å²) in [6, 6.07) is 0.997. The Balaban J connectivity index is 2.17. The lowest BCUT2D eigenvalue weighted by Crippen LogP contribution is -2.43. The van der Waals surface area contributed by atoms with Gasteiger partial charge in [-0.05, 0) is 12.8 Å². The van der Waals surface area contributed by atoms with Crippen molar-refractivity contribution in [3.63, 3.8) is 0 Å². The third-order valence-corrected chi connectivity index (χ3v) is 2.14. The maximum Gasteiger partial charge on any atom is 0.0807 e. The van der Waals surface area contributed by atoms with Crippen LogP contribution in [0.2, 0.25) is 0 Å². The van der Waals surface area contributed by atoms with Crippen LogP contribution in [0, 0.1) is 0 Å². The smallest absolute Gasteiger partial charge is 0.0807 e. The summed E-state index contributed by atoms with van der Waals surface area (Å²) in [4.78, 5) is 0. The van der Waals surface area contributed by atoms with Crippen molar-refractivity contribution in [3.8, 4) is 0 Å². The van der Waals surface area contributed by atoms with E-state index in [4.69, 9.17) is 9.84 Å². The minimum absolute atomic E-state index is 0.0789. The standard InChI is InChI=1S/C9H19NO2/c1-7(2)10-8-3-4-9(5-11)12-6-8/h7-11H,3-6H2,1-2H3/t8-,9+/m1/s1. The van der Waals surface area contributed by atoms with E-state index in [0.717, 1.165) is 19.4 Å². The van der Waals surface area contributed by atoms with E-state index in [2.05, 4.69) is 19.2 Å². The first kappa shape index (κ1) is 9.96. The molecule has 1 aliphatic rings. The van der Waals surface area contributed by atoms with Crippen molar-refractivity contribution in [2.75, 3.05) is 13.2 Å². The monoisotopic (exact) mass is 173 g/mol. The van der Waals surface area contributed by atoms with Gasteiger partial charge in [-0.2, -0.15) is 0 Å². The fourth-order valence-corrected chi connectivity index (χ4v) is 1.55. The number of aliphatic hydroxyl groups is 1. The molecule has 0 amide bonds. The molecule has 0 spiro atoms. The topological polar surface area (TPSA) is 41.5 Å². The molecule has 0 unspecified atom stereocenters. The van der Waals surface area contributed by atoms with Gasteiger partial charge in [0.2, 0.25) is 0 Å². The maximum atomic E-state index is 8.81. The van der Waals surface area contributed by atoms with E-state index in [1.165, 1.54) is 0 Å². The summed E-state index contributed by atoms with van der Waals surface area (Å²) in [7, 11) is 0. The van der Waals surface area contributed by atoms with Crippen LogP contribution in [0.25, 0.3) is 0 Å². The summed E-state index contributed by atoms with van der Waals surface area (Å²) >= 11 is 0. The zero-order valence-electron chi connectivity index (χ0n) is 7.92. The second-order valence-corrected chi connectivity index (χ2v) is 3.73. The third-order valence-electron chi connectivity index (χ3n) is 2.14. The number of ether oxygens (including phenoxy) is 1. The lowest BCUT2D eigenvalue weighted by atomic mass is 10.0. The van der Waals surface area contributed by atoms with Crippen molar-refractivity contribution in [3.05, 3.63) is 0 Å². The molecule has 0 saturated carbocycles. The van der Waals surface area contributed by atoms with Gasteiger partial charge in [-0.15, -0.1) is 0 Å². The average molecular weight is 173 g/mol. The van der Waals surface area contributed by atoms with Crippen LogP contribution in [0.5, 0.6) is 0 Å². The lowest BCUT2D eigenvalue weighted by molar-refractivity contribution is -0.0328. The SMILES string of the molecule is CC(C)N[C@@H]1CC[C@@H](CO)OC1. The highest BCUT2D eigenvalue weighted by Crippen LogP contribution is 2.13. The highest BCUT2D eigenvalue weighted by atomic mass is 16.5. The first-order chi connectivity index (χ1) is 5.72. The van der Waals surface area contributed by atoms with Gasteiger partial charge in [-0.1, -0.05) is 13.8 Å². The minimum Gasteiger partial charge on any atom is -0.394 e. The second kappa shape index (κ2) is 4.80. The normalized spacial score (nSPS) is 31.0. The van der Waals surface area contributed by atoms with Crippen LogP contribution in [-0.4, -0.2) is 36.5 Å². The van der Waals surface area contributed by atoms with E-state index in [1.54, 1.807) is 0 Å². The Morgan fingerprint density at radius 2 is 2.25 bits per heavy atom. The molecule has 0 radical (unpaired) electrons. The predicted molar refractivity (Wildman–Crippen MR) is 48.1 cm³/mol. The first-order valence-corrected chi connectivity index (χ1v) is 4.71. The molecule has 0 bridgehead atoms. The first-order valence-electron chi connectivity index (χ1n) is 4.71. The molecule has 12 heavy (non-hydrogen) atoms. The van der Waals surface area contributed by atoms with Crippen molar-refractivity contribution < 1.29 is 9.84 Å². The number of hydrogen-bond acceptors (Lipinski definition) is 3. The van der Waals surface area contributed by atoms with Gasteiger partial charge in [0, 0.05) is 12.1 Å². The molecular formula is C9H19NO2. The Morgan fingerprint density at radius 1 is 1.50 bits per heavy atom. The molecule has 1 rings (SSSR count). The van der Waals surface area contributed by atoms with Crippen molar-refractivity contribution in [2.45, 2.75) is 44.9 Å². The van der Waals surface area contributed by atoms with Crippen molar-refractivity contribution in [1.29, 1.82) is 0 Å². The van der Waals surface area contributed by atoms with E-state index in [9.17, 15) is 0 Å². The summed E-state index contributed by atoms with van der Waals surface area (Å²) in [6.45, 7) is 5.17. The molecule has 3 nitrogen and oxygen atoms in total. The number of hydrogen-bond donors (Lipinski definition) is 2. The van der Waals surface area contributed by atoms with Crippen LogP contribution in [0.4, 0.5) is 0 Å². The van der Waals surface area contributed by atoms with Crippen LogP contribution >= 0.6 is 0 Å². The van der Waals surface area contributed by atoms with E-state index in [0.29, 0.717) is 12.1 Å². The molecule has 0 aromatic heterocycles. The molecule has 1 saturated heterocycles. The summed E-state index contributed by atoms with van der Waals surface area (Å²) in [5.74, 6) is 0. The highest BCUT2D eigenvalue weighted by molar-refractivity contribution is 4.75. The van der Waals surface area contributed by atoms with E-state index < -0.39 is 0 Å². The van der Waals surface area contributed by atoms with Crippen molar-refractivity contribution >= 4 is 0 Å². The predicted octanol–water partition coefficient (Wildman–Crippen LogP) is 0.524. The van der Waals surface area contributed by atoms with Crippen LogP contribution < -0.4 is 5.32 Å². The van der Waals surface area contributed by atoms with Gasteiger partial charge in [-0.3, -0.25) is 0 Å². The Morgan fingerprint density at radius 3 is 2.67 bits per heavy atom. The van der Waals surface area contributed by atoms with Crippen LogP contribution in [0.1, 0.15) is 26.7 Å². The van der Waals surface area contributed by atoms with Gasteiger partial charge in [0.15, 0.2) is 0 Å². The molecule has 1 fully saturated rings. The fourth-order valence-electron chi connectivity index (χ4n) is 1.55. The summed E-state index contributed by atoms with van der Waals surface area (Å²) in [6.07, 6.45) is 2.17. The van der Waals surface area contributed by atoms with Crippen molar-refractivity contribution in [2.24, 2.45) is 0 Å². The van der Waals surface area contributed by atoms with Crippen molar-refractivity contribution in [1.82, 2.24) is 5.32 Å². The van der Waals surface area contributed by atoms with Gasteiger partial charge < -0.3 is 15.2 Å². The zero-order chi connectivity index (χ0) is 8.97. The summed E-state index contributed by atoms with van der Waals surface area (Å²) in [5, 5.41) is 12.2. The average Bonchev–Trinajstić information content (AvgIpc) is 2.05. The molecule has 2 atom stereocenters. The molecular weight excluding hydrogens is 154 g/mol. The lowest BCUT2D eigenvalue weighted by Gasteiger charge is -2.29. The van der Waals surface area contributed by atoms with E-state index in [-0.39, 0.29) is 12.7 Å². The fraction of sp³-hybridized carbons (Fsp3) is 1.00. The summed E-state index contributed by atoms with van der Waals surface area (Å²) < 4.78 is 5.43.